The third-order valence-corrected chi connectivity index (χ3v) is 2.74. The number of nitrogens with one attached hydrogen (secondary N) is 1. The van der Waals surface area contributed by atoms with Crippen molar-refractivity contribution in [2.24, 2.45) is 5.92 Å². The number of likely N-dealkylation sites (tertiary alicyclic amines) is 1. The van der Waals surface area contributed by atoms with E-state index < -0.39 is 5.97 Å². The van der Waals surface area contributed by atoms with Crippen LogP contribution in [0.2, 0.25) is 0 Å². The molecule has 1 amide bonds. The van der Waals surface area contributed by atoms with Gasteiger partial charge in [-0.2, -0.15) is 0 Å². The first-order valence-electron chi connectivity index (χ1n) is 5.73. The quantitative estimate of drug-likeness (QED) is 0.726. The van der Waals surface area contributed by atoms with Crippen molar-refractivity contribution in [3.8, 4) is 0 Å². The van der Waals surface area contributed by atoms with Crippen molar-refractivity contribution < 1.29 is 14.7 Å². The summed E-state index contributed by atoms with van der Waals surface area (Å²) in [6, 6.07) is 0.100. The minimum Gasteiger partial charge on any atom is -0.480 e. The van der Waals surface area contributed by atoms with E-state index in [-0.39, 0.29) is 24.4 Å². The number of rotatable bonds is 4. The van der Waals surface area contributed by atoms with Gasteiger partial charge >= 0.3 is 5.97 Å². The standard InChI is InChI=1S/C11H20N2O3/c1-8(2)11(16)12-9-4-3-5-13(6-9)7-10(14)15/h8-9H,3-7H2,1-2H3,(H,12,16)(H,14,15)/t9-/m0/s1. The van der Waals surface area contributed by atoms with Gasteiger partial charge < -0.3 is 10.4 Å². The van der Waals surface area contributed by atoms with Crippen LogP contribution in [0, 0.1) is 5.92 Å². The molecule has 16 heavy (non-hydrogen) atoms. The molecule has 0 aliphatic carbocycles. The van der Waals surface area contributed by atoms with E-state index in [2.05, 4.69) is 5.32 Å². The Bertz CT molecular complexity index is 266. The van der Waals surface area contributed by atoms with Gasteiger partial charge in [-0.05, 0) is 19.4 Å². The van der Waals surface area contributed by atoms with E-state index in [4.69, 9.17) is 5.11 Å². The number of aliphatic carboxylic acids is 1. The summed E-state index contributed by atoms with van der Waals surface area (Å²) < 4.78 is 0. The summed E-state index contributed by atoms with van der Waals surface area (Å²) in [6.07, 6.45) is 1.88. The summed E-state index contributed by atoms with van der Waals surface area (Å²) in [7, 11) is 0. The van der Waals surface area contributed by atoms with Crippen LogP contribution < -0.4 is 5.32 Å². The molecule has 0 aromatic heterocycles. The van der Waals surface area contributed by atoms with Crippen LogP contribution in [0.4, 0.5) is 0 Å². The van der Waals surface area contributed by atoms with Gasteiger partial charge in [0.25, 0.3) is 0 Å². The zero-order valence-corrected chi connectivity index (χ0v) is 9.90. The molecule has 1 fully saturated rings. The number of hydrogen-bond acceptors (Lipinski definition) is 3. The van der Waals surface area contributed by atoms with Crippen LogP contribution in [0.25, 0.3) is 0 Å². The van der Waals surface area contributed by atoms with Crippen molar-refractivity contribution in [3.05, 3.63) is 0 Å². The highest BCUT2D eigenvalue weighted by Crippen LogP contribution is 2.10. The van der Waals surface area contributed by atoms with Crippen molar-refractivity contribution in [2.75, 3.05) is 19.6 Å². The maximum atomic E-state index is 11.5. The number of carbonyl (C=O) groups excluding carboxylic acids is 1. The Morgan fingerprint density at radius 2 is 2.19 bits per heavy atom. The van der Waals surface area contributed by atoms with E-state index in [0.29, 0.717) is 6.54 Å². The second-order valence-electron chi connectivity index (χ2n) is 4.63. The number of carboxylic acid groups (broad SMARTS) is 1. The van der Waals surface area contributed by atoms with Gasteiger partial charge in [-0.25, -0.2) is 0 Å². The molecule has 0 aromatic carbocycles. The molecule has 1 atom stereocenters. The van der Waals surface area contributed by atoms with E-state index in [1.54, 1.807) is 0 Å². The Morgan fingerprint density at radius 3 is 2.75 bits per heavy atom. The van der Waals surface area contributed by atoms with Gasteiger partial charge in [0.15, 0.2) is 0 Å². The molecule has 0 saturated carbocycles. The molecule has 1 saturated heterocycles. The van der Waals surface area contributed by atoms with E-state index in [1.165, 1.54) is 0 Å². The van der Waals surface area contributed by atoms with Gasteiger partial charge in [-0.3, -0.25) is 14.5 Å². The molecule has 1 aliphatic heterocycles. The Balaban J connectivity index is 2.38. The molecule has 0 bridgehead atoms. The van der Waals surface area contributed by atoms with Crippen LogP contribution in [0.1, 0.15) is 26.7 Å². The summed E-state index contributed by atoms with van der Waals surface area (Å²) in [6.45, 7) is 5.22. The van der Waals surface area contributed by atoms with Crippen LogP contribution in [-0.4, -0.2) is 47.6 Å². The summed E-state index contributed by atoms with van der Waals surface area (Å²) in [5.74, 6) is -0.784. The SMILES string of the molecule is CC(C)C(=O)N[C@H]1CCCN(CC(=O)O)C1. The molecule has 5 nitrogen and oxygen atoms in total. The average molecular weight is 228 g/mol. The number of hydrogen-bond donors (Lipinski definition) is 2. The lowest BCUT2D eigenvalue weighted by Gasteiger charge is -2.32. The van der Waals surface area contributed by atoms with Crippen LogP contribution in [-0.2, 0) is 9.59 Å². The first-order chi connectivity index (χ1) is 7.49. The maximum absolute atomic E-state index is 11.5. The van der Waals surface area contributed by atoms with Crippen LogP contribution in [0.5, 0.6) is 0 Å². The highest BCUT2D eigenvalue weighted by atomic mass is 16.4. The van der Waals surface area contributed by atoms with Gasteiger partial charge in [0, 0.05) is 18.5 Å². The van der Waals surface area contributed by atoms with Crippen LogP contribution >= 0.6 is 0 Å². The lowest BCUT2D eigenvalue weighted by atomic mass is 10.0. The molecule has 0 aromatic rings. The molecule has 0 spiro atoms. The highest BCUT2D eigenvalue weighted by molar-refractivity contribution is 5.78. The molecular formula is C11H20N2O3. The summed E-state index contributed by atoms with van der Waals surface area (Å²) in [4.78, 5) is 23.9. The summed E-state index contributed by atoms with van der Waals surface area (Å²) in [5, 5.41) is 11.6. The zero-order valence-electron chi connectivity index (χ0n) is 9.90. The third-order valence-electron chi connectivity index (χ3n) is 2.74. The first-order valence-corrected chi connectivity index (χ1v) is 5.73. The fourth-order valence-electron chi connectivity index (χ4n) is 1.88. The van der Waals surface area contributed by atoms with Crippen molar-refractivity contribution >= 4 is 11.9 Å². The van der Waals surface area contributed by atoms with Gasteiger partial charge in [-0.1, -0.05) is 13.8 Å². The largest absolute Gasteiger partial charge is 0.480 e. The number of amides is 1. The van der Waals surface area contributed by atoms with E-state index in [1.807, 2.05) is 18.7 Å². The Kier molecular flexibility index (Phi) is 4.73. The lowest BCUT2D eigenvalue weighted by Crippen LogP contribution is -2.49. The van der Waals surface area contributed by atoms with Gasteiger partial charge in [0.2, 0.25) is 5.91 Å². The maximum Gasteiger partial charge on any atom is 0.317 e. The predicted molar refractivity (Wildman–Crippen MR) is 60.1 cm³/mol. The number of nitrogens with zero attached hydrogens (tertiary/aromatic N) is 1. The number of carbonyl (C=O) groups is 2. The van der Waals surface area contributed by atoms with Crippen LogP contribution in [0.15, 0.2) is 0 Å². The van der Waals surface area contributed by atoms with Crippen molar-refractivity contribution in [3.63, 3.8) is 0 Å². The second kappa shape index (κ2) is 5.84. The summed E-state index contributed by atoms with van der Waals surface area (Å²) in [5.41, 5.74) is 0. The normalized spacial score (nSPS) is 22.1. The first kappa shape index (κ1) is 13.0. The average Bonchev–Trinajstić information content (AvgIpc) is 2.16. The molecule has 1 rings (SSSR count). The molecule has 5 heteroatoms. The Morgan fingerprint density at radius 1 is 1.50 bits per heavy atom. The lowest BCUT2D eigenvalue weighted by molar-refractivity contribution is -0.138. The van der Waals surface area contributed by atoms with Crippen molar-refractivity contribution in [2.45, 2.75) is 32.7 Å². The molecular weight excluding hydrogens is 208 g/mol. The molecule has 92 valence electrons. The highest BCUT2D eigenvalue weighted by Gasteiger charge is 2.23. The molecule has 1 heterocycles. The van der Waals surface area contributed by atoms with Gasteiger partial charge in [-0.15, -0.1) is 0 Å². The van der Waals surface area contributed by atoms with Crippen molar-refractivity contribution in [1.29, 1.82) is 0 Å². The van der Waals surface area contributed by atoms with Gasteiger partial charge in [0.05, 0.1) is 6.54 Å². The molecule has 0 radical (unpaired) electrons. The van der Waals surface area contributed by atoms with E-state index >= 15 is 0 Å². The van der Waals surface area contributed by atoms with E-state index in [0.717, 1.165) is 19.4 Å². The fraction of sp³-hybridized carbons (Fsp3) is 0.818. The van der Waals surface area contributed by atoms with Crippen molar-refractivity contribution in [1.82, 2.24) is 10.2 Å². The zero-order chi connectivity index (χ0) is 12.1. The molecule has 0 unspecified atom stereocenters. The Labute approximate surface area is 95.8 Å². The van der Waals surface area contributed by atoms with E-state index in [9.17, 15) is 9.59 Å². The minimum absolute atomic E-state index is 0.0187. The number of piperidine rings is 1. The second-order valence-corrected chi connectivity index (χ2v) is 4.63. The smallest absolute Gasteiger partial charge is 0.317 e. The van der Waals surface area contributed by atoms with Gasteiger partial charge in [0.1, 0.15) is 0 Å². The predicted octanol–water partition coefficient (Wildman–Crippen LogP) is 0.308. The fourth-order valence-corrected chi connectivity index (χ4v) is 1.88. The Hall–Kier alpha value is -1.10. The summed E-state index contributed by atoms with van der Waals surface area (Å²) >= 11 is 0. The molecule has 1 aliphatic rings. The third kappa shape index (κ3) is 4.18. The topological polar surface area (TPSA) is 69.6 Å². The number of carboxylic acids is 1. The monoisotopic (exact) mass is 228 g/mol. The van der Waals surface area contributed by atoms with Crippen LogP contribution in [0.3, 0.4) is 0 Å². The molecule has 2 N–H and O–H groups in total. The minimum atomic E-state index is -0.809.